The second kappa shape index (κ2) is 23.3. The van der Waals surface area contributed by atoms with E-state index in [-0.39, 0.29) is 18.9 Å². The van der Waals surface area contributed by atoms with Crippen LogP contribution in [0, 0.1) is 0 Å². The predicted molar refractivity (Wildman–Crippen MR) is 177 cm³/mol. The summed E-state index contributed by atoms with van der Waals surface area (Å²) in [5.41, 5.74) is 10.4. The zero-order valence-corrected chi connectivity index (χ0v) is 30.1. The number of amides is 2. The van der Waals surface area contributed by atoms with Gasteiger partial charge < -0.3 is 95.3 Å². The lowest BCUT2D eigenvalue weighted by Gasteiger charge is -2.46. The van der Waals surface area contributed by atoms with E-state index in [4.69, 9.17) is 38.9 Å². The number of aliphatic hydroxyl groups excluding tert-OH is 10. The summed E-state index contributed by atoms with van der Waals surface area (Å²) in [6, 6.07) is -0.617. The van der Waals surface area contributed by atoms with Crippen molar-refractivity contribution in [2.45, 2.75) is 124 Å². The SMILES string of the molecule is CC(=O)[C@H](CCCCN)NNC(=O)COCC(=O)NCCO[C@H]1O[C@H](CO[C@H]2O[C@H](CO)[C@@H](O)[C@H](O)[C@@H]2O)[C@@H](O)[C@H](O[C@H]2O[C@H](CO)[C@@H](O)[C@H](O)[C@@H]2O)[C@@H]1O. The van der Waals surface area contributed by atoms with Gasteiger partial charge in [0.1, 0.15) is 92.2 Å². The quantitative estimate of drug-likeness (QED) is 0.0357. The van der Waals surface area contributed by atoms with Crippen LogP contribution in [-0.4, -0.2) is 220 Å². The summed E-state index contributed by atoms with van der Waals surface area (Å²) in [4.78, 5) is 36.1. The Bertz CT molecular complexity index is 1180. The highest BCUT2D eigenvalue weighted by Crippen LogP contribution is 2.31. The lowest BCUT2D eigenvalue weighted by molar-refractivity contribution is -0.366. The molecule has 2 amide bonds. The van der Waals surface area contributed by atoms with Gasteiger partial charge in [-0.2, -0.15) is 0 Å². The van der Waals surface area contributed by atoms with Gasteiger partial charge in [-0.15, -0.1) is 0 Å². The minimum Gasteiger partial charge on any atom is -0.394 e. The lowest BCUT2D eigenvalue weighted by atomic mass is 9.96. The molecular weight excluding hydrogens is 748 g/mol. The third-order valence-electron chi connectivity index (χ3n) is 9.05. The summed E-state index contributed by atoms with van der Waals surface area (Å²) in [6.07, 6.45) is -23.7. The fraction of sp³-hybridized carbons (Fsp3) is 0.903. The van der Waals surface area contributed by atoms with Crippen LogP contribution in [0.5, 0.6) is 0 Å². The summed E-state index contributed by atoms with van der Waals surface area (Å²) < 4.78 is 38.1. The molecule has 55 heavy (non-hydrogen) atoms. The minimum atomic E-state index is -1.92. The second-order valence-corrected chi connectivity index (χ2v) is 13.2. The maximum Gasteiger partial charge on any atom is 0.260 e. The molecule has 0 bridgehead atoms. The Labute approximate surface area is 315 Å². The first-order valence-electron chi connectivity index (χ1n) is 17.8. The van der Waals surface area contributed by atoms with Crippen LogP contribution < -0.4 is 21.9 Å². The molecule has 24 heteroatoms. The van der Waals surface area contributed by atoms with Crippen LogP contribution in [0.4, 0.5) is 0 Å². The van der Waals surface area contributed by atoms with Crippen LogP contribution in [0.25, 0.3) is 0 Å². The molecule has 3 aliphatic rings. The second-order valence-electron chi connectivity index (χ2n) is 13.2. The number of nitrogens with one attached hydrogen (secondary N) is 3. The smallest absolute Gasteiger partial charge is 0.260 e. The van der Waals surface area contributed by atoms with Gasteiger partial charge in [-0.25, -0.2) is 5.43 Å². The average Bonchev–Trinajstić information content (AvgIpc) is 3.16. The van der Waals surface area contributed by atoms with E-state index in [1.54, 1.807) is 0 Å². The van der Waals surface area contributed by atoms with Gasteiger partial charge in [0.2, 0.25) is 5.91 Å². The number of nitrogens with two attached hydrogens (primary N) is 1. The van der Waals surface area contributed by atoms with Crippen molar-refractivity contribution in [3.63, 3.8) is 0 Å². The summed E-state index contributed by atoms with van der Waals surface area (Å²) in [7, 11) is 0. The molecule has 0 aliphatic carbocycles. The summed E-state index contributed by atoms with van der Waals surface area (Å²) >= 11 is 0. The van der Waals surface area contributed by atoms with Crippen LogP contribution in [0.15, 0.2) is 0 Å². The molecule has 3 heterocycles. The number of aliphatic hydroxyl groups is 10. The maximum absolute atomic E-state index is 12.3. The molecule has 3 fully saturated rings. The predicted octanol–water partition coefficient (Wildman–Crippen LogP) is -8.71. The summed E-state index contributed by atoms with van der Waals surface area (Å²) in [5.74, 6) is -1.49. The van der Waals surface area contributed by atoms with Crippen molar-refractivity contribution in [3.05, 3.63) is 0 Å². The molecule has 0 aromatic rings. The van der Waals surface area contributed by atoms with Gasteiger partial charge in [-0.1, -0.05) is 6.42 Å². The first kappa shape index (κ1) is 47.2. The minimum absolute atomic E-state index is 0.184. The number of unbranched alkanes of at least 4 members (excludes halogenated alkanes) is 1. The highest BCUT2D eigenvalue weighted by atomic mass is 16.7. The zero-order valence-electron chi connectivity index (χ0n) is 30.1. The van der Waals surface area contributed by atoms with E-state index in [1.165, 1.54) is 6.92 Å². The van der Waals surface area contributed by atoms with E-state index in [9.17, 15) is 65.4 Å². The number of ether oxygens (including phenoxy) is 7. The Hall–Kier alpha value is -2.15. The average molecular weight is 805 g/mol. The highest BCUT2D eigenvalue weighted by Gasteiger charge is 2.52. The normalized spacial score (nSPS) is 37.3. The van der Waals surface area contributed by atoms with E-state index < -0.39 is 143 Å². The Morgan fingerprint density at radius 3 is 1.85 bits per heavy atom. The number of hydrogen-bond acceptors (Lipinski definition) is 22. The van der Waals surface area contributed by atoms with Gasteiger partial charge >= 0.3 is 0 Å². The van der Waals surface area contributed by atoms with Crippen molar-refractivity contribution in [2.24, 2.45) is 5.73 Å². The first-order valence-corrected chi connectivity index (χ1v) is 17.8. The largest absolute Gasteiger partial charge is 0.394 e. The molecule has 0 unspecified atom stereocenters. The van der Waals surface area contributed by atoms with E-state index in [2.05, 4.69) is 16.2 Å². The third kappa shape index (κ3) is 13.5. The van der Waals surface area contributed by atoms with Crippen molar-refractivity contribution >= 4 is 17.6 Å². The number of hydrazine groups is 1. The maximum atomic E-state index is 12.3. The number of carbonyl (C=O) groups is 3. The van der Waals surface area contributed by atoms with Crippen LogP contribution >= 0.6 is 0 Å². The molecule has 0 spiro atoms. The number of ketones is 1. The van der Waals surface area contributed by atoms with Crippen LogP contribution in [0.1, 0.15) is 26.2 Å². The number of Topliss-reactive ketones (excluding diaryl/α,β-unsaturated/α-hetero) is 1. The molecule has 15 N–H and O–H groups in total. The topological polar surface area (TPSA) is 380 Å². The van der Waals surface area contributed by atoms with Gasteiger partial charge in [-0.05, 0) is 26.3 Å². The molecule has 0 radical (unpaired) electrons. The Kier molecular flexibility index (Phi) is 20.0. The first-order chi connectivity index (χ1) is 26.1. The van der Waals surface area contributed by atoms with Gasteiger partial charge in [0, 0.05) is 6.54 Å². The molecule has 0 aromatic heterocycles. The van der Waals surface area contributed by atoms with Gasteiger partial charge in [0.05, 0.1) is 32.5 Å². The van der Waals surface area contributed by atoms with Crippen molar-refractivity contribution < 1.29 is 98.6 Å². The monoisotopic (exact) mass is 804 g/mol. The highest BCUT2D eigenvalue weighted by molar-refractivity contribution is 5.82. The molecule has 3 rings (SSSR count). The molecule has 0 saturated carbocycles. The number of carbonyl (C=O) groups excluding carboxylic acids is 3. The molecule has 24 nitrogen and oxygen atoms in total. The van der Waals surface area contributed by atoms with Crippen LogP contribution in [0.3, 0.4) is 0 Å². The summed E-state index contributed by atoms with van der Waals surface area (Å²) in [5, 5.41) is 105. The summed E-state index contributed by atoms with van der Waals surface area (Å²) in [6.45, 7) is -1.96. The van der Waals surface area contributed by atoms with Crippen LogP contribution in [0.2, 0.25) is 0 Å². The van der Waals surface area contributed by atoms with E-state index in [0.717, 1.165) is 0 Å². The Balaban J connectivity index is 1.56. The fourth-order valence-electron chi connectivity index (χ4n) is 5.79. The Morgan fingerprint density at radius 2 is 1.25 bits per heavy atom. The molecular formula is C31H56N4O20. The van der Waals surface area contributed by atoms with Crippen molar-refractivity contribution in [3.8, 4) is 0 Å². The lowest BCUT2D eigenvalue weighted by Crippen LogP contribution is -2.65. The molecule has 16 atom stereocenters. The fourth-order valence-corrected chi connectivity index (χ4v) is 5.79. The van der Waals surface area contributed by atoms with Crippen LogP contribution in [-0.2, 0) is 47.5 Å². The van der Waals surface area contributed by atoms with Crippen molar-refractivity contribution in [1.82, 2.24) is 16.2 Å². The van der Waals surface area contributed by atoms with Gasteiger partial charge in [0.15, 0.2) is 18.9 Å². The Morgan fingerprint density at radius 1 is 0.691 bits per heavy atom. The molecule has 3 aliphatic heterocycles. The molecule has 3 saturated heterocycles. The van der Waals surface area contributed by atoms with E-state index >= 15 is 0 Å². The standard InChI is InChI=1S/C31H56N4O20/c1-13(38)14(4-2-3-5-32)34-35-19(40)12-49-11-18(39)33-6-7-50-30-27(48)28(55-31-26(47)24(45)21(42)16(9-37)53-31)22(43)17(54-30)10-51-29-25(46)23(44)20(41)15(8-36)52-29/h14-17,20-31,34,36-37,41-48H,2-12,32H2,1H3,(H,33,39)(H,35,40)/t14-,15+,16+,17+,20+,21+,22+,23-,24-,25-,26-,27-,28-,29-,30-,31+/m0/s1. The number of rotatable bonds is 22. The van der Waals surface area contributed by atoms with Gasteiger partial charge in [0.25, 0.3) is 5.91 Å². The van der Waals surface area contributed by atoms with Crippen molar-refractivity contribution in [2.75, 3.05) is 52.7 Å². The van der Waals surface area contributed by atoms with E-state index in [0.29, 0.717) is 25.8 Å². The zero-order chi connectivity index (χ0) is 40.8. The van der Waals surface area contributed by atoms with Gasteiger partial charge in [-0.3, -0.25) is 19.8 Å². The third-order valence-corrected chi connectivity index (χ3v) is 9.05. The number of hydrogen-bond donors (Lipinski definition) is 14. The molecule has 320 valence electrons. The van der Waals surface area contributed by atoms with E-state index in [1.807, 2.05) is 0 Å². The van der Waals surface area contributed by atoms with Crippen molar-refractivity contribution in [1.29, 1.82) is 0 Å². The molecule has 0 aromatic carbocycles.